The maximum atomic E-state index is 6.68. The van der Waals surface area contributed by atoms with E-state index in [9.17, 15) is 0 Å². The number of hydrogen-bond acceptors (Lipinski definition) is 6. The van der Waals surface area contributed by atoms with Crippen molar-refractivity contribution >= 4 is 23.0 Å². The molecule has 1 heterocycles. The Morgan fingerprint density at radius 3 is 1.75 bits per heavy atom. The number of ether oxygens (including phenoxy) is 4. The number of halogens is 1. The quantitative estimate of drug-likeness (QED) is 0.0672. The zero-order valence-corrected chi connectivity index (χ0v) is 37.2. The summed E-state index contributed by atoms with van der Waals surface area (Å²) in [5, 5.41) is -0.370. The van der Waals surface area contributed by atoms with Gasteiger partial charge >= 0.3 is 7.12 Å². The Hall–Kier alpha value is -1.26. The van der Waals surface area contributed by atoms with Crippen molar-refractivity contribution in [3.8, 4) is 11.1 Å². The van der Waals surface area contributed by atoms with Gasteiger partial charge in [-0.25, -0.2) is 0 Å². The SMILES string of the molecule is CCC(CCOCCCC1(CCCC(C)OCCC(CC)OC)c2cc(C(C)(C)Br)ccc2-c2ccc(C(C)(C)B3OC(C)(C)C(C)(C)O3)cc21)OC. The van der Waals surface area contributed by atoms with Gasteiger partial charge in [-0.15, -0.1) is 0 Å². The van der Waals surface area contributed by atoms with Gasteiger partial charge in [-0.05, 0) is 140 Å². The molecule has 4 atom stereocenters. The van der Waals surface area contributed by atoms with E-state index in [1.807, 2.05) is 0 Å². The predicted molar refractivity (Wildman–Crippen MR) is 224 cm³/mol. The van der Waals surface area contributed by atoms with Gasteiger partial charge in [0, 0.05) is 49.1 Å². The van der Waals surface area contributed by atoms with E-state index in [-0.39, 0.29) is 40.5 Å². The second kappa shape index (κ2) is 18.3. The van der Waals surface area contributed by atoms with Crippen molar-refractivity contribution < 1.29 is 28.3 Å². The molecule has 0 aromatic heterocycles. The molecule has 0 saturated carbocycles. The lowest BCUT2D eigenvalue weighted by molar-refractivity contribution is 0.00578. The van der Waals surface area contributed by atoms with Gasteiger partial charge < -0.3 is 28.3 Å². The molecule has 8 heteroatoms. The Morgan fingerprint density at radius 1 is 0.717 bits per heavy atom. The number of hydrogen-bond donors (Lipinski definition) is 0. The van der Waals surface area contributed by atoms with Crippen LogP contribution in [-0.4, -0.2) is 70.7 Å². The minimum Gasteiger partial charge on any atom is -0.403 e. The Kier molecular flexibility index (Phi) is 15.4. The molecule has 0 amide bonds. The summed E-state index contributed by atoms with van der Waals surface area (Å²) in [6.07, 6.45) is 9.61. The van der Waals surface area contributed by atoms with Gasteiger partial charge in [0.15, 0.2) is 0 Å². The number of rotatable bonds is 22. The summed E-state index contributed by atoms with van der Waals surface area (Å²) in [6, 6.07) is 14.3. The standard InChI is InChI=1S/C45H72BBrO6/c1-14-35(48-12)23-28-50-27-17-26-45(25-16-18-32(3)51-29-24-36(15-2)49-13)39-30-33(41(4,5)46-52-43(8,9)44(10,11)53-46)19-21-37(39)38-22-20-34(31-40(38)45)42(6,7)47/h19-22,30-32,35-36H,14-18,23-29H2,1-13H3. The Bertz CT molecular complexity index is 1440. The van der Waals surface area contributed by atoms with Crippen molar-refractivity contribution in [2.45, 2.75) is 179 Å². The first-order valence-electron chi connectivity index (χ1n) is 20.5. The highest BCUT2D eigenvalue weighted by Gasteiger charge is 2.57. The fraction of sp³-hybridized carbons (Fsp3) is 0.733. The van der Waals surface area contributed by atoms with E-state index in [4.69, 9.17) is 28.3 Å². The summed E-state index contributed by atoms with van der Waals surface area (Å²) in [5.41, 5.74) is 7.12. The highest BCUT2D eigenvalue weighted by Crippen LogP contribution is 2.56. The Balaban J connectivity index is 1.71. The van der Waals surface area contributed by atoms with E-state index in [1.54, 1.807) is 14.2 Å². The van der Waals surface area contributed by atoms with Crippen LogP contribution in [0.2, 0.25) is 0 Å². The molecule has 0 N–H and O–H groups in total. The van der Waals surface area contributed by atoms with E-state index < -0.39 is 11.2 Å². The van der Waals surface area contributed by atoms with Gasteiger partial charge in [0.05, 0.1) is 29.5 Å². The first kappa shape index (κ1) is 44.5. The second-order valence-electron chi connectivity index (χ2n) is 17.8. The van der Waals surface area contributed by atoms with Crippen LogP contribution in [0.15, 0.2) is 36.4 Å². The smallest absolute Gasteiger partial charge is 0.403 e. The van der Waals surface area contributed by atoms with E-state index in [0.717, 1.165) is 77.6 Å². The largest absolute Gasteiger partial charge is 0.468 e. The molecule has 1 aliphatic carbocycles. The van der Waals surface area contributed by atoms with Crippen LogP contribution in [0.3, 0.4) is 0 Å². The minimum atomic E-state index is -0.398. The van der Waals surface area contributed by atoms with E-state index in [0.29, 0.717) is 0 Å². The lowest BCUT2D eigenvalue weighted by Crippen LogP contribution is -2.41. The predicted octanol–water partition coefficient (Wildman–Crippen LogP) is 11.5. The van der Waals surface area contributed by atoms with Crippen LogP contribution in [0.4, 0.5) is 0 Å². The summed E-state index contributed by atoms with van der Waals surface area (Å²) in [4.78, 5) is 0. The lowest BCUT2D eigenvalue weighted by Gasteiger charge is -2.35. The highest BCUT2D eigenvalue weighted by molar-refractivity contribution is 9.09. The van der Waals surface area contributed by atoms with Crippen molar-refractivity contribution in [1.82, 2.24) is 0 Å². The van der Waals surface area contributed by atoms with E-state index in [1.165, 1.54) is 33.4 Å². The maximum Gasteiger partial charge on any atom is 0.468 e. The molecule has 1 aliphatic heterocycles. The molecular weight excluding hydrogens is 727 g/mol. The molecule has 298 valence electrons. The summed E-state index contributed by atoms with van der Waals surface area (Å²) in [5.74, 6) is 0. The first-order chi connectivity index (χ1) is 24.9. The Labute approximate surface area is 332 Å². The maximum absolute atomic E-state index is 6.68. The molecule has 1 fully saturated rings. The second-order valence-corrected chi connectivity index (χ2v) is 19.8. The normalized spacial score (nSPS) is 21.1. The molecule has 2 aromatic carbocycles. The minimum absolute atomic E-state index is 0.145. The molecule has 2 aliphatic rings. The number of alkyl halides is 1. The van der Waals surface area contributed by atoms with Gasteiger partial charge in [-0.3, -0.25) is 0 Å². The van der Waals surface area contributed by atoms with Crippen molar-refractivity contribution in [2.75, 3.05) is 34.0 Å². The van der Waals surface area contributed by atoms with Gasteiger partial charge in [-0.1, -0.05) is 80.0 Å². The number of benzene rings is 2. The molecule has 53 heavy (non-hydrogen) atoms. The van der Waals surface area contributed by atoms with Crippen LogP contribution < -0.4 is 0 Å². The van der Waals surface area contributed by atoms with E-state index in [2.05, 4.69) is 128 Å². The van der Waals surface area contributed by atoms with Crippen LogP contribution in [0.25, 0.3) is 11.1 Å². The van der Waals surface area contributed by atoms with Crippen LogP contribution >= 0.6 is 15.9 Å². The molecule has 6 nitrogen and oxygen atoms in total. The number of methoxy groups -OCH3 is 2. The third-order valence-electron chi connectivity index (χ3n) is 12.7. The van der Waals surface area contributed by atoms with Crippen LogP contribution in [-0.2, 0) is 43.3 Å². The summed E-state index contributed by atoms with van der Waals surface area (Å²) < 4.78 is 37.1. The van der Waals surface area contributed by atoms with Gasteiger partial charge in [0.2, 0.25) is 0 Å². The van der Waals surface area contributed by atoms with Crippen molar-refractivity contribution in [3.63, 3.8) is 0 Å². The fourth-order valence-electron chi connectivity index (χ4n) is 8.15. The molecule has 2 aromatic rings. The average Bonchev–Trinajstić information content (AvgIpc) is 3.50. The molecule has 1 saturated heterocycles. The molecule has 4 rings (SSSR count). The van der Waals surface area contributed by atoms with E-state index >= 15 is 0 Å². The van der Waals surface area contributed by atoms with Crippen LogP contribution in [0.1, 0.15) is 156 Å². The van der Waals surface area contributed by atoms with Gasteiger partial charge in [0.25, 0.3) is 0 Å². The molecular formula is C45H72BBrO6. The molecule has 0 radical (unpaired) electrons. The van der Waals surface area contributed by atoms with Crippen molar-refractivity contribution in [3.05, 3.63) is 58.7 Å². The topological polar surface area (TPSA) is 55.4 Å². The van der Waals surface area contributed by atoms with Crippen molar-refractivity contribution in [2.24, 2.45) is 0 Å². The monoisotopic (exact) mass is 798 g/mol. The Morgan fingerprint density at radius 2 is 1.23 bits per heavy atom. The summed E-state index contributed by atoms with van der Waals surface area (Å²) in [6.45, 7) is 26.3. The summed E-state index contributed by atoms with van der Waals surface area (Å²) >= 11 is 4.00. The van der Waals surface area contributed by atoms with Gasteiger partial charge in [0.1, 0.15) is 0 Å². The molecule has 0 bridgehead atoms. The average molecular weight is 800 g/mol. The third-order valence-corrected chi connectivity index (χ3v) is 13.2. The van der Waals surface area contributed by atoms with Gasteiger partial charge in [-0.2, -0.15) is 0 Å². The van der Waals surface area contributed by atoms with Crippen LogP contribution in [0, 0.1) is 0 Å². The molecule has 0 spiro atoms. The zero-order valence-electron chi connectivity index (χ0n) is 35.6. The lowest BCUT2D eigenvalue weighted by atomic mass is 9.55. The number of fused-ring (bicyclic) bond motifs is 3. The zero-order chi connectivity index (χ0) is 39.2. The molecule has 4 unspecified atom stereocenters. The summed E-state index contributed by atoms with van der Waals surface area (Å²) in [7, 11) is 3.23. The first-order valence-corrected chi connectivity index (χ1v) is 21.3. The highest BCUT2D eigenvalue weighted by atomic mass is 79.9. The van der Waals surface area contributed by atoms with Crippen molar-refractivity contribution in [1.29, 1.82) is 0 Å². The fourth-order valence-corrected chi connectivity index (χ4v) is 8.40. The van der Waals surface area contributed by atoms with Crippen LogP contribution in [0.5, 0.6) is 0 Å². The third kappa shape index (κ3) is 10.2.